The zero-order valence-electron chi connectivity index (χ0n) is 13.2. The predicted molar refractivity (Wildman–Crippen MR) is 80.7 cm³/mol. The molecule has 0 radical (unpaired) electrons. The lowest BCUT2D eigenvalue weighted by molar-refractivity contribution is -0.147. The first-order valence-corrected chi connectivity index (χ1v) is 8.24. The number of nitrogens with one attached hydrogen (secondary N) is 1. The minimum absolute atomic E-state index is 0.117. The van der Waals surface area contributed by atoms with Crippen molar-refractivity contribution < 1.29 is 14.3 Å². The summed E-state index contributed by atoms with van der Waals surface area (Å²) in [6, 6.07) is 0. The highest BCUT2D eigenvalue weighted by atomic mass is 16.5. The van der Waals surface area contributed by atoms with E-state index in [0.717, 1.165) is 38.8 Å². The Hall–Kier alpha value is -0.610. The number of rotatable bonds is 10. The van der Waals surface area contributed by atoms with Crippen molar-refractivity contribution in [3.63, 3.8) is 0 Å². The maximum Gasteiger partial charge on any atom is 0.308 e. The molecule has 1 saturated heterocycles. The Kier molecular flexibility index (Phi) is 9.67. The molecule has 0 aromatic carbocycles. The SMILES string of the molecule is CCCCC(CC)COC(=O)CCOC1CCNCC1. The van der Waals surface area contributed by atoms with Gasteiger partial charge in [-0.2, -0.15) is 0 Å². The molecular formula is C16H31NO3. The molecular weight excluding hydrogens is 254 g/mol. The Labute approximate surface area is 123 Å². The van der Waals surface area contributed by atoms with Crippen LogP contribution in [0.5, 0.6) is 0 Å². The van der Waals surface area contributed by atoms with E-state index < -0.39 is 0 Å². The van der Waals surface area contributed by atoms with Gasteiger partial charge in [0.05, 0.1) is 25.7 Å². The molecule has 118 valence electrons. The lowest BCUT2D eigenvalue weighted by Crippen LogP contribution is -2.32. The maximum absolute atomic E-state index is 11.7. The van der Waals surface area contributed by atoms with E-state index in [9.17, 15) is 4.79 Å². The van der Waals surface area contributed by atoms with Gasteiger partial charge >= 0.3 is 5.97 Å². The van der Waals surface area contributed by atoms with Gasteiger partial charge in [0.2, 0.25) is 0 Å². The molecule has 0 amide bonds. The van der Waals surface area contributed by atoms with Crippen LogP contribution in [0.15, 0.2) is 0 Å². The Morgan fingerprint density at radius 2 is 2.05 bits per heavy atom. The van der Waals surface area contributed by atoms with E-state index in [-0.39, 0.29) is 5.97 Å². The summed E-state index contributed by atoms with van der Waals surface area (Å²) in [4.78, 5) is 11.7. The third-order valence-electron chi connectivity index (χ3n) is 3.97. The molecule has 0 saturated carbocycles. The Morgan fingerprint density at radius 3 is 2.70 bits per heavy atom. The fourth-order valence-electron chi connectivity index (χ4n) is 2.45. The average Bonchev–Trinajstić information content (AvgIpc) is 2.48. The lowest BCUT2D eigenvalue weighted by Gasteiger charge is -2.22. The second kappa shape index (κ2) is 11.1. The number of carbonyl (C=O) groups excluding carboxylic acids is 1. The highest BCUT2D eigenvalue weighted by molar-refractivity contribution is 5.69. The molecule has 1 heterocycles. The monoisotopic (exact) mass is 285 g/mol. The highest BCUT2D eigenvalue weighted by Gasteiger charge is 2.14. The van der Waals surface area contributed by atoms with Gasteiger partial charge in [0, 0.05) is 0 Å². The molecule has 4 heteroatoms. The van der Waals surface area contributed by atoms with Crippen molar-refractivity contribution in [3.05, 3.63) is 0 Å². The first-order chi connectivity index (χ1) is 9.76. The summed E-state index contributed by atoms with van der Waals surface area (Å²) in [5.41, 5.74) is 0. The average molecular weight is 285 g/mol. The van der Waals surface area contributed by atoms with Crippen molar-refractivity contribution in [3.8, 4) is 0 Å². The third kappa shape index (κ3) is 7.85. The first-order valence-electron chi connectivity index (χ1n) is 8.24. The van der Waals surface area contributed by atoms with Gasteiger partial charge in [-0.1, -0.05) is 33.1 Å². The number of carbonyl (C=O) groups is 1. The van der Waals surface area contributed by atoms with Crippen molar-refractivity contribution in [1.82, 2.24) is 5.32 Å². The molecule has 1 aliphatic rings. The minimum atomic E-state index is -0.117. The number of ether oxygens (including phenoxy) is 2. The van der Waals surface area contributed by atoms with Gasteiger partial charge in [0.1, 0.15) is 0 Å². The van der Waals surface area contributed by atoms with Crippen LogP contribution in [-0.2, 0) is 14.3 Å². The molecule has 1 atom stereocenters. The summed E-state index contributed by atoms with van der Waals surface area (Å²) < 4.78 is 11.1. The van der Waals surface area contributed by atoms with Crippen molar-refractivity contribution in [2.45, 2.75) is 64.9 Å². The Balaban J connectivity index is 2.03. The van der Waals surface area contributed by atoms with Crippen LogP contribution >= 0.6 is 0 Å². The minimum Gasteiger partial charge on any atom is -0.465 e. The summed E-state index contributed by atoms with van der Waals surface area (Å²) in [7, 11) is 0. The van der Waals surface area contributed by atoms with Crippen LogP contribution in [0.25, 0.3) is 0 Å². The number of esters is 1. The highest BCUT2D eigenvalue weighted by Crippen LogP contribution is 2.13. The Morgan fingerprint density at radius 1 is 1.30 bits per heavy atom. The van der Waals surface area contributed by atoms with E-state index in [1.807, 2.05) is 0 Å². The van der Waals surface area contributed by atoms with Gasteiger partial charge < -0.3 is 14.8 Å². The fourth-order valence-corrected chi connectivity index (χ4v) is 2.45. The first kappa shape index (κ1) is 17.4. The van der Waals surface area contributed by atoms with Gasteiger partial charge in [-0.15, -0.1) is 0 Å². The largest absolute Gasteiger partial charge is 0.465 e. The quantitative estimate of drug-likeness (QED) is 0.627. The van der Waals surface area contributed by atoms with Crippen LogP contribution < -0.4 is 5.32 Å². The molecule has 1 aliphatic heterocycles. The fraction of sp³-hybridized carbons (Fsp3) is 0.938. The summed E-state index contributed by atoms with van der Waals surface area (Å²) in [5, 5.41) is 3.30. The molecule has 0 spiro atoms. The van der Waals surface area contributed by atoms with E-state index in [0.29, 0.717) is 31.7 Å². The van der Waals surface area contributed by atoms with E-state index in [4.69, 9.17) is 9.47 Å². The molecule has 0 aromatic heterocycles. The standard InChI is InChI=1S/C16H31NO3/c1-3-5-6-14(4-2)13-20-16(18)9-12-19-15-7-10-17-11-8-15/h14-15,17H,3-13H2,1-2H3. The second-order valence-corrected chi connectivity index (χ2v) is 5.67. The molecule has 1 rings (SSSR count). The lowest BCUT2D eigenvalue weighted by atomic mass is 10.0. The molecule has 1 N–H and O–H groups in total. The summed E-state index contributed by atoms with van der Waals surface area (Å²) in [5.74, 6) is 0.401. The van der Waals surface area contributed by atoms with Gasteiger partial charge in [-0.25, -0.2) is 0 Å². The van der Waals surface area contributed by atoms with Crippen LogP contribution in [0, 0.1) is 5.92 Å². The molecule has 20 heavy (non-hydrogen) atoms. The molecule has 1 fully saturated rings. The van der Waals surface area contributed by atoms with Crippen LogP contribution in [0.3, 0.4) is 0 Å². The Bertz CT molecular complexity index is 252. The van der Waals surface area contributed by atoms with Crippen molar-refractivity contribution in [1.29, 1.82) is 0 Å². The third-order valence-corrected chi connectivity index (χ3v) is 3.97. The van der Waals surface area contributed by atoms with Gasteiger partial charge in [0.25, 0.3) is 0 Å². The second-order valence-electron chi connectivity index (χ2n) is 5.67. The zero-order valence-corrected chi connectivity index (χ0v) is 13.2. The molecule has 0 bridgehead atoms. The van der Waals surface area contributed by atoms with Crippen LogP contribution in [-0.4, -0.2) is 38.4 Å². The van der Waals surface area contributed by atoms with Gasteiger partial charge in [-0.05, 0) is 38.3 Å². The summed E-state index contributed by atoms with van der Waals surface area (Å²) in [6.45, 7) is 7.46. The molecule has 0 aliphatic carbocycles. The van der Waals surface area contributed by atoms with E-state index in [2.05, 4.69) is 19.2 Å². The zero-order chi connectivity index (χ0) is 14.6. The van der Waals surface area contributed by atoms with Gasteiger partial charge in [0.15, 0.2) is 0 Å². The predicted octanol–water partition coefficient (Wildman–Crippen LogP) is 2.90. The van der Waals surface area contributed by atoms with Crippen LogP contribution in [0.2, 0.25) is 0 Å². The maximum atomic E-state index is 11.7. The van der Waals surface area contributed by atoms with Crippen molar-refractivity contribution in [2.75, 3.05) is 26.3 Å². The van der Waals surface area contributed by atoms with E-state index in [1.54, 1.807) is 0 Å². The van der Waals surface area contributed by atoms with E-state index in [1.165, 1.54) is 12.8 Å². The number of hydrogen-bond acceptors (Lipinski definition) is 4. The molecule has 4 nitrogen and oxygen atoms in total. The summed E-state index contributed by atoms with van der Waals surface area (Å²) in [6.07, 6.45) is 7.45. The van der Waals surface area contributed by atoms with Crippen LogP contribution in [0.4, 0.5) is 0 Å². The van der Waals surface area contributed by atoms with Gasteiger partial charge in [-0.3, -0.25) is 4.79 Å². The van der Waals surface area contributed by atoms with E-state index >= 15 is 0 Å². The molecule has 0 aromatic rings. The normalized spacial score (nSPS) is 17.9. The van der Waals surface area contributed by atoms with Crippen molar-refractivity contribution >= 4 is 5.97 Å². The molecule has 1 unspecified atom stereocenters. The number of piperidine rings is 1. The number of unbranched alkanes of at least 4 members (excludes halogenated alkanes) is 1. The van der Waals surface area contributed by atoms with Crippen molar-refractivity contribution in [2.24, 2.45) is 5.92 Å². The van der Waals surface area contributed by atoms with Crippen LogP contribution in [0.1, 0.15) is 58.8 Å². The number of hydrogen-bond donors (Lipinski definition) is 1. The smallest absolute Gasteiger partial charge is 0.308 e. The summed E-state index contributed by atoms with van der Waals surface area (Å²) >= 11 is 0. The topological polar surface area (TPSA) is 47.6 Å².